The van der Waals surface area contributed by atoms with E-state index in [1.165, 1.54) is 6.33 Å². The van der Waals surface area contributed by atoms with Gasteiger partial charge in [0.2, 0.25) is 0 Å². The van der Waals surface area contributed by atoms with Gasteiger partial charge in [0.15, 0.2) is 0 Å². The Morgan fingerprint density at radius 2 is 2.00 bits per heavy atom. The zero-order chi connectivity index (χ0) is 7.98. The van der Waals surface area contributed by atoms with E-state index in [1.54, 1.807) is 6.20 Å². The van der Waals surface area contributed by atoms with Crippen LogP contribution in [0.15, 0.2) is 12.5 Å². The molecule has 0 aliphatic rings. The molecule has 0 unspecified atom stereocenters. The number of nitrogens with two attached hydrogens (primary N) is 1. The third-order valence-corrected chi connectivity index (χ3v) is 0.936. The SMILES string of the molecule is CC.Cc1cncnc1N. The fraction of sp³-hybridized carbons (Fsp3) is 0.429. The number of aromatic nitrogens is 2. The van der Waals surface area contributed by atoms with Gasteiger partial charge in [-0.15, -0.1) is 0 Å². The first-order chi connectivity index (χ1) is 4.80. The molecule has 2 N–H and O–H groups in total. The molecular formula is C7H13N3. The lowest BCUT2D eigenvalue weighted by Gasteiger charge is -1.91. The molecule has 0 bridgehead atoms. The van der Waals surface area contributed by atoms with Crippen LogP contribution in [0.25, 0.3) is 0 Å². The fourth-order valence-corrected chi connectivity index (χ4v) is 0.409. The van der Waals surface area contributed by atoms with Crippen molar-refractivity contribution in [2.24, 2.45) is 0 Å². The lowest BCUT2D eigenvalue weighted by Crippen LogP contribution is -1.92. The maximum Gasteiger partial charge on any atom is 0.129 e. The van der Waals surface area contributed by atoms with Gasteiger partial charge in [-0.2, -0.15) is 0 Å². The highest BCUT2D eigenvalue weighted by Crippen LogP contribution is 1.99. The lowest BCUT2D eigenvalue weighted by molar-refractivity contribution is 1.14. The molecule has 1 heterocycles. The molecule has 3 nitrogen and oxygen atoms in total. The van der Waals surface area contributed by atoms with Crippen molar-refractivity contribution in [1.82, 2.24) is 9.97 Å². The maximum atomic E-state index is 5.37. The van der Waals surface area contributed by atoms with Gasteiger partial charge in [0.1, 0.15) is 12.1 Å². The van der Waals surface area contributed by atoms with Crippen molar-refractivity contribution in [3.63, 3.8) is 0 Å². The van der Waals surface area contributed by atoms with Crippen LogP contribution in [0.5, 0.6) is 0 Å². The van der Waals surface area contributed by atoms with E-state index in [0.29, 0.717) is 5.82 Å². The normalized spacial score (nSPS) is 7.90. The Hall–Kier alpha value is -1.12. The molecular weight excluding hydrogens is 126 g/mol. The van der Waals surface area contributed by atoms with Crippen LogP contribution in [0.2, 0.25) is 0 Å². The van der Waals surface area contributed by atoms with E-state index < -0.39 is 0 Å². The van der Waals surface area contributed by atoms with Gasteiger partial charge in [-0.3, -0.25) is 0 Å². The minimum atomic E-state index is 0.556. The Bertz CT molecular complexity index is 165. The smallest absolute Gasteiger partial charge is 0.129 e. The van der Waals surface area contributed by atoms with Gasteiger partial charge in [-0.25, -0.2) is 9.97 Å². The highest BCUT2D eigenvalue weighted by molar-refractivity contribution is 5.34. The lowest BCUT2D eigenvalue weighted by atomic mass is 10.4. The second-order valence-electron chi connectivity index (χ2n) is 1.59. The van der Waals surface area contributed by atoms with Crippen LogP contribution >= 0.6 is 0 Å². The van der Waals surface area contributed by atoms with Crippen molar-refractivity contribution in [3.05, 3.63) is 18.1 Å². The summed E-state index contributed by atoms with van der Waals surface area (Å²) in [6.45, 7) is 5.87. The minimum absolute atomic E-state index is 0.556. The predicted octanol–water partition coefficient (Wildman–Crippen LogP) is 1.39. The Balaban J connectivity index is 0.000000371. The molecule has 0 aliphatic heterocycles. The molecule has 0 fully saturated rings. The molecule has 1 aromatic rings. The van der Waals surface area contributed by atoms with Crippen LogP contribution < -0.4 is 5.73 Å². The van der Waals surface area contributed by atoms with E-state index in [9.17, 15) is 0 Å². The van der Waals surface area contributed by atoms with Crippen molar-refractivity contribution in [3.8, 4) is 0 Å². The standard InChI is InChI=1S/C5H7N3.C2H6/c1-4-2-7-3-8-5(4)6;1-2/h2-3H,1H3,(H2,6,7,8);1-2H3. The second-order valence-corrected chi connectivity index (χ2v) is 1.59. The summed E-state index contributed by atoms with van der Waals surface area (Å²) in [5.74, 6) is 0.556. The van der Waals surface area contributed by atoms with Crippen LogP contribution in [-0.2, 0) is 0 Å². The fourth-order valence-electron chi connectivity index (χ4n) is 0.409. The average Bonchev–Trinajstić information content (AvgIpc) is 2.00. The molecule has 3 heteroatoms. The van der Waals surface area contributed by atoms with E-state index in [2.05, 4.69) is 9.97 Å². The molecule has 0 radical (unpaired) electrons. The number of nitrogens with zero attached hydrogens (tertiary/aromatic N) is 2. The summed E-state index contributed by atoms with van der Waals surface area (Å²) in [6, 6.07) is 0. The van der Waals surface area contributed by atoms with Crippen molar-refractivity contribution in [2.45, 2.75) is 20.8 Å². The summed E-state index contributed by atoms with van der Waals surface area (Å²) in [5, 5.41) is 0. The van der Waals surface area contributed by atoms with Gasteiger partial charge in [0.25, 0.3) is 0 Å². The van der Waals surface area contributed by atoms with Crippen LogP contribution in [0.3, 0.4) is 0 Å². The van der Waals surface area contributed by atoms with E-state index >= 15 is 0 Å². The summed E-state index contributed by atoms with van der Waals surface area (Å²) in [5.41, 5.74) is 6.29. The maximum absolute atomic E-state index is 5.37. The largest absolute Gasteiger partial charge is 0.383 e. The van der Waals surface area contributed by atoms with E-state index in [0.717, 1.165) is 5.56 Å². The third kappa shape index (κ3) is 2.44. The number of hydrogen-bond donors (Lipinski definition) is 1. The van der Waals surface area contributed by atoms with Gasteiger partial charge < -0.3 is 5.73 Å². The summed E-state index contributed by atoms with van der Waals surface area (Å²) in [7, 11) is 0. The molecule has 0 aliphatic carbocycles. The van der Waals surface area contributed by atoms with E-state index in [-0.39, 0.29) is 0 Å². The molecule has 0 saturated carbocycles. The van der Waals surface area contributed by atoms with Crippen LogP contribution in [-0.4, -0.2) is 9.97 Å². The van der Waals surface area contributed by atoms with Crippen molar-refractivity contribution < 1.29 is 0 Å². The highest BCUT2D eigenvalue weighted by Gasteiger charge is 1.87. The molecule has 0 saturated heterocycles. The molecule has 1 rings (SSSR count). The van der Waals surface area contributed by atoms with E-state index in [4.69, 9.17) is 5.73 Å². The predicted molar refractivity (Wildman–Crippen MR) is 42.5 cm³/mol. The van der Waals surface area contributed by atoms with Gasteiger partial charge in [0, 0.05) is 11.8 Å². The Morgan fingerprint density at radius 1 is 1.40 bits per heavy atom. The summed E-state index contributed by atoms with van der Waals surface area (Å²) in [4.78, 5) is 7.50. The number of rotatable bonds is 0. The summed E-state index contributed by atoms with van der Waals surface area (Å²) in [6.07, 6.45) is 3.12. The van der Waals surface area contributed by atoms with Crippen LogP contribution in [0.4, 0.5) is 5.82 Å². The number of hydrogen-bond acceptors (Lipinski definition) is 3. The first-order valence-electron chi connectivity index (χ1n) is 3.33. The van der Waals surface area contributed by atoms with Crippen molar-refractivity contribution >= 4 is 5.82 Å². The molecule has 10 heavy (non-hydrogen) atoms. The molecule has 0 aromatic carbocycles. The minimum Gasteiger partial charge on any atom is -0.383 e. The molecule has 0 spiro atoms. The van der Waals surface area contributed by atoms with Crippen LogP contribution in [0, 0.1) is 6.92 Å². The number of aryl methyl sites for hydroxylation is 1. The molecule has 1 aromatic heterocycles. The number of nitrogen functional groups attached to an aromatic ring is 1. The van der Waals surface area contributed by atoms with Crippen molar-refractivity contribution in [1.29, 1.82) is 0 Å². The van der Waals surface area contributed by atoms with Crippen LogP contribution in [0.1, 0.15) is 19.4 Å². The zero-order valence-corrected chi connectivity index (χ0v) is 6.63. The number of anilines is 1. The Morgan fingerprint density at radius 3 is 2.30 bits per heavy atom. The quantitative estimate of drug-likeness (QED) is 0.591. The highest BCUT2D eigenvalue weighted by atomic mass is 14.9. The Kier molecular flexibility index (Phi) is 4.20. The molecule has 56 valence electrons. The van der Waals surface area contributed by atoms with Gasteiger partial charge in [-0.05, 0) is 6.92 Å². The van der Waals surface area contributed by atoms with Gasteiger partial charge in [0.05, 0.1) is 0 Å². The van der Waals surface area contributed by atoms with Gasteiger partial charge in [-0.1, -0.05) is 13.8 Å². The average molecular weight is 139 g/mol. The molecule has 0 atom stereocenters. The first-order valence-corrected chi connectivity index (χ1v) is 3.33. The second kappa shape index (κ2) is 4.73. The first kappa shape index (κ1) is 8.88. The third-order valence-electron chi connectivity index (χ3n) is 0.936. The molecule has 0 amide bonds. The monoisotopic (exact) mass is 139 g/mol. The Labute approximate surface area is 61.3 Å². The topological polar surface area (TPSA) is 51.8 Å². The summed E-state index contributed by atoms with van der Waals surface area (Å²) < 4.78 is 0. The van der Waals surface area contributed by atoms with Crippen molar-refractivity contribution in [2.75, 3.05) is 5.73 Å². The van der Waals surface area contributed by atoms with Gasteiger partial charge >= 0.3 is 0 Å². The van der Waals surface area contributed by atoms with E-state index in [1.807, 2.05) is 20.8 Å². The summed E-state index contributed by atoms with van der Waals surface area (Å²) >= 11 is 0. The zero-order valence-electron chi connectivity index (χ0n) is 6.63.